The topological polar surface area (TPSA) is 17.6 Å². The molecule has 0 spiro atoms. The lowest BCUT2D eigenvalue weighted by Crippen LogP contribution is -2.14. The van der Waals surface area contributed by atoms with Crippen molar-refractivity contribution in [3.8, 4) is 44.5 Å². The van der Waals surface area contributed by atoms with Gasteiger partial charge in [0.05, 0.1) is 16.6 Å². The zero-order valence-corrected chi connectivity index (χ0v) is 36.1. The normalized spacial score (nSPS) is 14.8. The number of hydrogen-bond acceptors (Lipinski definition) is 1. The van der Waals surface area contributed by atoms with Crippen molar-refractivity contribution in [2.45, 2.75) is 38.5 Å². The monoisotopic (exact) mass is 815 g/mol. The van der Waals surface area contributed by atoms with Gasteiger partial charge >= 0.3 is 0 Å². The maximum atomic E-state index is 6.73. The maximum absolute atomic E-state index is 6.73. The summed E-state index contributed by atoms with van der Waals surface area (Å²) in [6.45, 7) is 9.39. The fourth-order valence-electron chi connectivity index (χ4n) is 12.5. The Kier molecular flexibility index (Phi) is 6.35. The Bertz CT molecular complexity index is 4250. The summed E-state index contributed by atoms with van der Waals surface area (Å²) in [5.74, 6) is 0. The van der Waals surface area contributed by atoms with E-state index in [1.54, 1.807) is 0 Å². The van der Waals surface area contributed by atoms with Gasteiger partial charge in [-0.25, -0.2) is 0 Å². The Morgan fingerprint density at radius 2 is 0.844 bits per heavy atom. The summed E-state index contributed by atoms with van der Waals surface area (Å²) >= 11 is 0. The van der Waals surface area contributed by atoms with Crippen LogP contribution in [0.25, 0.3) is 126 Å². The van der Waals surface area contributed by atoms with Gasteiger partial charge in [0.15, 0.2) is 0 Å². The third-order valence-corrected chi connectivity index (χ3v) is 15.6. The molecule has 2 nitrogen and oxygen atoms in total. The molecule has 0 saturated heterocycles. The summed E-state index contributed by atoms with van der Waals surface area (Å²) in [7, 11) is 0. The number of nitrogens with zero attached hydrogens (tertiary/aromatic N) is 1. The molecule has 300 valence electrons. The van der Waals surface area contributed by atoms with Gasteiger partial charge in [-0.05, 0) is 149 Å². The number of para-hydroxylation sites is 1. The van der Waals surface area contributed by atoms with Crippen molar-refractivity contribution in [2.24, 2.45) is 0 Å². The van der Waals surface area contributed by atoms with Crippen LogP contribution >= 0.6 is 0 Å². The molecule has 2 heteroatoms. The number of fused-ring (bicyclic) bond motifs is 18. The van der Waals surface area contributed by atoms with Crippen molar-refractivity contribution in [1.82, 2.24) is 4.40 Å². The highest BCUT2D eigenvalue weighted by Crippen LogP contribution is 2.52. The van der Waals surface area contributed by atoms with E-state index in [-0.39, 0.29) is 10.8 Å². The van der Waals surface area contributed by atoms with Gasteiger partial charge in [0.2, 0.25) is 0 Å². The second-order valence-corrected chi connectivity index (χ2v) is 19.7. The summed E-state index contributed by atoms with van der Waals surface area (Å²) in [5, 5.41) is 12.3. The van der Waals surface area contributed by atoms with Crippen molar-refractivity contribution < 1.29 is 4.42 Å². The summed E-state index contributed by atoms with van der Waals surface area (Å²) in [5.41, 5.74) is 21.5. The van der Waals surface area contributed by atoms with Gasteiger partial charge in [-0.2, -0.15) is 0 Å². The standard InChI is InChI=1S/C62H41NO/c1-61(2)50-14-8-5-11-42(50)45-27-36(21-23-52(45)61)34-17-19-38-31-54-47(29-40(38)25-34)48-33-57-58(44-13-7-10-16-56(44)64-57)59-49-30-41-26-35(18-20-39(41)32-55(49)63(54)60(48)59)37-22-24-53-46(28-37)43-12-6-9-15-51(43)62(53,3)4/h5-33H,1-4H3. The molecule has 0 aliphatic heterocycles. The van der Waals surface area contributed by atoms with Gasteiger partial charge in [0.1, 0.15) is 11.2 Å². The third-order valence-electron chi connectivity index (χ3n) is 15.6. The Balaban J connectivity index is 0.945. The van der Waals surface area contributed by atoms with Crippen LogP contribution in [0.1, 0.15) is 49.9 Å². The summed E-state index contributed by atoms with van der Waals surface area (Å²) in [4.78, 5) is 0. The molecular formula is C62H41NO. The molecule has 3 heterocycles. The Morgan fingerprint density at radius 3 is 1.47 bits per heavy atom. The predicted octanol–water partition coefficient (Wildman–Crippen LogP) is 17.0. The van der Waals surface area contributed by atoms with Gasteiger partial charge in [-0.15, -0.1) is 0 Å². The van der Waals surface area contributed by atoms with Gasteiger partial charge < -0.3 is 8.82 Å². The Morgan fingerprint density at radius 1 is 0.344 bits per heavy atom. The van der Waals surface area contributed by atoms with E-state index in [0.29, 0.717) is 0 Å². The van der Waals surface area contributed by atoms with Crippen molar-refractivity contribution in [1.29, 1.82) is 0 Å². The number of hydrogen-bond donors (Lipinski definition) is 0. The van der Waals surface area contributed by atoms with Crippen LogP contribution in [0.2, 0.25) is 0 Å². The van der Waals surface area contributed by atoms with Crippen molar-refractivity contribution in [2.75, 3.05) is 0 Å². The molecule has 0 saturated carbocycles. The van der Waals surface area contributed by atoms with E-state index in [1.807, 2.05) is 0 Å². The number of aromatic nitrogens is 1. The van der Waals surface area contributed by atoms with Gasteiger partial charge in [0.25, 0.3) is 0 Å². The average molecular weight is 816 g/mol. The quantitative estimate of drug-likeness (QED) is 0.170. The van der Waals surface area contributed by atoms with E-state index < -0.39 is 0 Å². The third kappa shape index (κ3) is 4.31. The van der Waals surface area contributed by atoms with E-state index >= 15 is 0 Å². The predicted molar refractivity (Wildman–Crippen MR) is 269 cm³/mol. The smallest absolute Gasteiger partial charge is 0.136 e. The molecule has 2 aliphatic rings. The summed E-state index contributed by atoms with van der Waals surface area (Å²) in [6, 6.07) is 66.5. The van der Waals surface area contributed by atoms with E-state index in [4.69, 9.17) is 4.42 Å². The van der Waals surface area contributed by atoms with Crippen LogP contribution in [0.15, 0.2) is 180 Å². The van der Waals surface area contributed by atoms with Crippen LogP contribution in [0.5, 0.6) is 0 Å². The number of rotatable bonds is 2. The molecule has 0 bridgehead atoms. The average Bonchev–Trinajstić information content (AvgIpc) is 4.07. The molecule has 15 rings (SSSR count). The zero-order chi connectivity index (χ0) is 42.4. The Hall–Kier alpha value is -7.68. The molecule has 0 radical (unpaired) electrons. The highest BCUT2D eigenvalue weighted by atomic mass is 16.3. The zero-order valence-electron chi connectivity index (χ0n) is 36.1. The van der Waals surface area contributed by atoms with E-state index in [2.05, 4.69) is 208 Å². The molecule has 0 unspecified atom stereocenters. The highest BCUT2D eigenvalue weighted by molar-refractivity contribution is 6.36. The second kappa shape index (κ2) is 11.7. The Labute approximate surface area is 370 Å². The van der Waals surface area contributed by atoms with Crippen molar-refractivity contribution in [3.63, 3.8) is 0 Å². The molecule has 0 N–H and O–H groups in total. The minimum absolute atomic E-state index is 0.00925. The first-order valence-corrected chi connectivity index (χ1v) is 22.7. The van der Waals surface area contributed by atoms with Crippen molar-refractivity contribution >= 4 is 81.6 Å². The van der Waals surface area contributed by atoms with E-state index in [0.717, 1.165) is 16.6 Å². The van der Waals surface area contributed by atoms with Gasteiger partial charge in [-0.1, -0.05) is 143 Å². The highest BCUT2D eigenvalue weighted by Gasteiger charge is 2.36. The van der Waals surface area contributed by atoms with Crippen LogP contribution in [0.4, 0.5) is 0 Å². The molecule has 64 heavy (non-hydrogen) atoms. The van der Waals surface area contributed by atoms with Crippen LogP contribution in [-0.2, 0) is 10.8 Å². The first kappa shape index (κ1) is 34.9. The molecule has 0 fully saturated rings. The fraction of sp³-hybridized carbons (Fsp3) is 0.0968. The molecule has 0 amide bonds. The largest absolute Gasteiger partial charge is 0.456 e. The molecule has 3 aromatic heterocycles. The molecule has 2 aliphatic carbocycles. The molecular weight excluding hydrogens is 775 g/mol. The molecule has 10 aromatic carbocycles. The lowest BCUT2D eigenvalue weighted by Gasteiger charge is -2.21. The second-order valence-electron chi connectivity index (χ2n) is 19.7. The minimum Gasteiger partial charge on any atom is -0.456 e. The molecule has 0 atom stereocenters. The minimum atomic E-state index is -0.0119. The molecule has 13 aromatic rings. The van der Waals surface area contributed by atoms with E-state index in [9.17, 15) is 0 Å². The van der Waals surface area contributed by atoms with Crippen LogP contribution in [0, 0.1) is 0 Å². The van der Waals surface area contributed by atoms with Gasteiger partial charge in [-0.3, -0.25) is 0 Å². The number of benzene rings is 10. The maximum Gasteiger partial charge on any atom is 0.136 e. The lowest BCUT2D eigenvalue weighted by atomic mass is 9.82. The summed E-state index contributed by atoms with van der Waals surface area (Å²) < 4.78 is 9.27. The first-order chi connectivity index (χ1) is 31.2. The van der Waals surface area contributed by atoms with Crippen LogP contribution in [-0.4, -0.2) is 4.40 Å². The first-order valence-electron chi connectivity index (χ1n) is 22.7. The van der Waals surface area contributed by atoms with Gasteiger partial charge in [0, 0.05) is 43.1 Å². The number of furan rings is 1. The van der Waals surface area contributed by atoms with Crippen LogP contribution < -0.4 is 0 Å². The van der Waals surface area contributed by atoms with Crippen molar-refractivity contribution in [3.05, 3.63) is 198 Å². The SMILES string of the molecule is CC1(C)c2ccccc2-c2cc(-c3ccc4cc5c(cc4c3)c3cc4oc6ccccc6c4c4c6cc7cc(-c8ccc9c(c8)-c8ccccc8C9(C)C)ccc7cc6n5c34)ccc21. The fourth-order valence-corrected chi connectivity index (χ4v) is 12.5. The lowest BCUT2D eigenvalue weighted by molar-refractivity contribution is 0.660. The summed E-state index contributed by atoms with van der Waals surface area (Å²) in [6.07, 6.45) is 0. The van der Waals surface area contributed by atoms with Crippen LogP contribution in [0.3, 0.4) is 0 Å². The van der Waals surface area contributed by atoms with E-state index in [1.165, 1.54) is 132 Å².